The smallest absolute Gasteiger partial charge is 0.0615 e. The zero-order valence-electron chi connectivity index (χ0n) is 7.02. The van der Waals surface area contributed by atoms with Crippen molar-refractivity contribution in [1.29, 1.82) is 0 Å². The lowest BCUT2D eigenvalue weighted by atomic mass is 9.90. The van der Waals surface area contributed by atoms with Crippen LogP contribution in [0, 0.1) is 11.8 Å². The number of nitrogens with one attached hydrogen (secondary N) is 1. The van der Waals surface area contributed by atoms with Crippen LogP contribution >= 0.6 is 0 Å². The second-order valence-corrected chi connectivity index (χ2v) is 2.89. The van der Waals surface area contributed by atoms with Gasteiger partial charge in [-0.3, -0.25) is 0 Å². The van der Waals surface area contributed by atoms with Crippen LogP contribution in [0.4, 0.5) is 0 Å². The lowest BCUT2D eigenvalue weighted by molar-refractivity contribution is 0.0434. The molecule has 0 saturated carbocycles. The van der Waals surface area contributed by atoms with Gasteiger partial charge in [0.15, 0.2) is 0 Å². The van der Waals surface area contributed by atoms with Gasteiger partial charge in [-0.1, -0.05) is 13.8 Å². The molecule has 1 rings (SSSR count). The Balaban J connectivity index is 2.63. The van der Waals surface area contributed by atoms with Crippen molar-refractivity contribution in [2.75, 3.05) is 13.1 Å². The third kappa shape index (κ3) is 1.43. The third-order valence-electron chi connectivity index (χ3n) is 1.91. The van der Waals surface area contributed by atoms with E-state index in [4.69, 9.17) is 1.37 Å². The van der Waals surface area contributed by atoms with E-state index in [-0.39, 0.29) is 11.8 Å². The maximum absolute atomic E-state index is 9.54. The predicted molar refractivity (Wildman–Crippen MR) is 37.2 cm³/mol. The molecule has 0 aromatic heterocycles. The van der Waals surface area contributed by atoms with Crippen LogP contribution in [-0.4, -0.2) is 24.3 Å². The molecular weight excluding hydrogens is 114 g/mol. The monoisotopic (exact) mass is 130 g/mol. The SMILES string of the molecule is [2H]C1(O)C(C)CNCC1C. The molecule has 0 aromatic carbocycles. The van der Waals surface area contributed by atoms with Gasteiger partial charge in [0.25, 0.3) is 0 Å². The molecule has 2 atom stereocenters. The van der Waals surface area contributed by atoms with Crippen molar-refractivity contribution in [2.24, 2.45) is 11.8 Å². The first-order valence-electron chi connectivity index (χ1n) is 3.98. The summed E-state index contributed by atoms with van der Waals surface area (Å²) in [5, 5.41) is 12.7. The quantitative estimate of drug-likeness (QED) is 0.492. The van der Waals surface area contributed by atoms with Crippen molar-refractivity contribution >= 4 is 0 Å². The molecule has 0 radical (unpaired) electrons. The van der Waals surface area contributed by atoms with Gasteiger partial charge >= 0.3 is 0 Å². The summed E-state index contributed by atoms with van der Waals surface area (Å²) in [6, 6.07) is 0. The average molecular weight is 130 g/mol. The highest BCUT2D eigenvalue weighted by Crippen LogP contribution is 2.15. The summed E-state index contributed by atoms with van der Waals surface area (Å²) in [6.07, 6.45) is -1.22. The largest absolute Gasteiger partial charge is 0.392 e. The predicted octanol–water partition coefficient (Wildman–Crippen LogP) is 0.223. The fraction of sp³-hybridized carbons (Fsp3) is 1.00. The van der Waals surface area contributed by atoms with Crippen LogP contribution in [0.2, 0.25) is 0 Å². The number of rotatable bonds is 0. The zero-order valence-corrected chi connectivity index (χ0v) is 6.02. The molecular formula is C7H15NO. The first-order valence-corrected chi connectivity index (χ1v) is 3.48. The molecule has 2 N–H and O–H groups in total. The van der Waals surface area contributed by atoms with Crippen molar-refractivity contribution in [3.05, 3.63) is 0 Å². The molecule has 0 bridgehead atoms. The lowest BCUT2D eigenvalue weighted by Crippen LogP contribution is -2.44. The molecule has 0 spiro atoms. The molecule has 2 heteroatoms. The Morgan fingerprint density at radius 3 is 2.22 bits per heavy atom. The minimum absolute atomic E-state index is 0.0382. The van der Waals surface area contributed by atoms with E-state index in [0.29, 0.717) is 0 Å². The Labute approximate surface area is 57.7 Å². The Hall–Kier alpha value is -0.0800. The summed E-state index contributed by atoms with van der Waals surface area (Å²) in [5.74, 6) is 0.0764. The molecule has 1 aliphatic rings. The second kappa shape index (κ2) is 2.67. The highest BCUT2D eigenvalue weighted by atomic mass is 16.3. The zero-order chi connectivity index (χ0) is 7.78. The van der Waals surface area contributed by atoms with Crippen LogP contribution in [-0.2, 0) is 0 Å². The van der Waals surface area contributed by atoms with Gasteiger partial charge in [0.2, 0.25) is 0 Å². The van der Waals surface area contributed by atoms with Crippen LogP contribution in [0.25, 0.3) is 0 Å². The maximum Gasteiger partial charge on any atom is 0.0615 e. The fourth-order valence-corrected chi connectivity index (χ4v) is 1.21. The van der Waals surface area contributed by atoms with E-state index < -0.39 is 6.08 Å². The second-order valence-electron chi connectivity index (χ2n) is 2.89. The Morgan fingerprint density at radius 2 is 1.89 bits per heavy atom. The normalized spacial score (nSPS) is 54.8. The van der Waals surface area contributed by atoms with E-state index in [1.807, 2.05) is 13.8 Å². The van der Waals surface area contributed by atoms with Gasteiger partial charge in [0.05, 0.1) is 7.45 Å². The summed E-state index contributed by atoms with van der Waals surface area (Å²) >= 11 is 0. The molecule has 0 aliphatic carbocycles. The topological polar surface area (TPSA) is 32.3 Å². The van der Waals surface area contributed by atoms with Crippen molar-refractivity contribution in [3.63, 3.8) is 0 Å². The molecule has 1 aliphatic heterocycles. The Morgan fingerprint density at radius 1 is 1.44 bits per heavy atom. The summed E-state index contributed by atoms with van der Waals surface area (Å²) in [7, 11) is 0. The number of hydrogen-bond acceptors (Lipinski definition) is 2. The van der Waals surface area contributed by atoms with Gasteiger partial charge in [-0.2, -0.15) is 0 Å². The van der Waals surface area contributed by atoms with Crippen molar-refractivity contribution in [2.45, 2.75) is 19.9 Å². The van der Waals surface area contributed by atoms with Crippen molar-refractivity contribution in [1.82, 2.24) is 5.32 Å². The number of piperidine rings is 1. The van der Waals surface area contributed by atoms with E-state index >= 15 is 0 Å². The molecule has 2 unspecified atom stereocenters. The standard InChI is InChI=1S/C7H15NO/c1-5-3-8-4-6(2)7(5)9/h5-9H,3-4H2,1-2H3/i7D. The van der Waals surface area contributed by atoms with Crippen LogP contribution in [0.3, 0.4) is 0 Å². The Bertz CT molecular complexity index is 115. The first kappa shape index (κ1) is 5.69. The van der Waals surface area contributed by atoms with E-state index in [2.05, 4.69) is 5.32 Å². The van der Waals surface area contributed by atoms with Crippen molar-refractivity contribution < 1.29 is 6.48 Å². The van der Waals surface area contributed by atoms with Gasteiger partial charge in [-0.25, -0.2) is 0 Å². The van der Waals surface area contributed by atoms with Crippen LogP contribution in [0.1, 0.15) is 15.2 Å². The van der Waals surface area contributed by atoms with Gasteiger partial charge in [0, 0.05) is 13.1 Å². The van der Waals surface area contributed by atoms with E-state index in [1.165, 1.54) is 0 Å². The van der Waals surface area contributed by atoms with Gasteiger partial charge < -0.3 is 10.4 Å². The van der Waals surface area contributed by atoms with Gasteiger partial charge in [-0.15, -0.1) is 0 Å². The molecule has 0 amide bonds. The van der Waals surface area contributed by atoms with Crippen molar-refractivity contribution in [3.8, 4) is 0 Å². The third-order valence-corrected chi connectivity index (χ3v) is 1.91. The Kier molecular flexibility index (Phi) is 1.69. The van der Waals surface area contributed by atoms with Crippen LogP contribution in [0.15, 0.2) is 0 Å². The minimum Gasteiger partial charge on any atom is -0.392 e. The summed E-state index contributed by atoms with van der Waals surface area (Å²) in [5.41, 5.74) is 0. The fourth-order valence-electron chi connectivity index (χ4n) is 1.21. The van der Waals surface area contributed by atoms with E-state index in [0.717, 1.165) is 13.1 Å². The van der Waals surface area contributed by atoms with Gasteiger partial charge in [0.1, 0.15) is 0 Å². The lowest BCUT2D eigenvalue weighted by Gasteiger charge is -2.30. The highest BCUT2D eigenvalue weighted by molar-refractivity contribution is 4.78. The average Bonchev–Trinajstić information content (AvgIpc) is 1.84. The molecule has 2 nitrogen and oxygen atoms in total. The number of hydrogen-bond donors (Lipinski definition) is 2. The molecule has 1 saturated heterocycles. The number of aliphatic hydroxyl groups is 1. The van der Waals surface area contributed by atoms with Crippen LogP contribution in [0.5, 0.6) is 0 Å². The summed E-state index contributed by atoms with van der Waals surface area (Å²) in [6.45, 7) is 5.31. The van der Waals surface area contributed by atoms with Gasteiger partial charge in [-0.05, 0) is 11.8 Å². The highest BCUT2D eigenvalue weighted by Gasteiger charge is 2.24. The summed E-state index contributed by atoms with van der Waals surface area (Å²) in [4.78, 5) is 0. The maximum atomic E-state index is 9.54. The molecule has 9 heavy (non-hydrogen) atoms. The summed E-state index contributed by atoms with van der Waals surface area (Å²) < 4.78 is 7.55. The van der Waals surface area contributed by atoms with E-state index in [9.17, 15) is 5.11 Å². The van der Waals surface area contributed by atoms with E-state index in [1.54, 1.807) is 0 Å². The first-order chi connectivity index (χ1) is 4.55. The molecule has 1 heterocycles. The molecule has 54 valence electrons. The molecule has 1 fully saturated rings. The van der Waals surface area contributed by atoms with Crippen LogP contribution < -0.4 is 5.32 Å². The minimum atomic E-state index is -1.22. The molecule has 0 aromatic rings.